The molecule has 0 radical (unpaired) electrons. The summed E-state index contributed by atoms with van der Waals surface area (Å²) in [6.45, 7) is 11.1. The first-order chi connectivity index (χ1) is 6.93. The van der Waals surface area contributed by atoms with Crippen LogP contribution in [-0.2, 0) is 9.59 Å². The highest BCUT2D eigenvalue weighted by Gasteiger charge is 2.33. The van der Waals surface area contributed by atoms with Crippen LogP contribution in [0.5, 0.6) is 0 Å². The molecule has 94 valence electrons. The van der Waals surface area contributed by atoms with Gasteiger partial charge >= 0.3 is 5.97 Å². The van der Waals surface area contributed by atoms with Gasteiger partial charge in [0.2, 0.25) is 5.91 Å². The van der Waals surface area contributed by atoms with E-state index in [9.17, 15) is 9.59 Å². The van der Waals surface area contributed by atoms with Crippen molar-refractivity contribution in [2.24, 2.45) is 11.3 Å². The van der Waals surface area contributed by atoms with Gasteiger partial charge in [0.15, 0.2) is 0 Å². The molecule has 0 fully saturated rings. The predicted octanol–water partition coefficient (Wildman–Crippen LogP) is 2.04. The topological polar surface area (TPSA) is 66.4 Å². The van der Waals surface area contributed by atoms with Gasteiger partial charge in [-0.2, -0.15) is 0 Å². The Morgan fingerprint density at radius 1 is 1.12 bits per heavy atom. The van der Waals surface area contributed by atoms with E-state index in [1.807, 2.05) is 41.5 Å². The SMILES string of the molecule is CC(C)(C)NC(=O)C[C@@H](C(=O)O)C(C)(C)C. The highest BCUT2D eigenvalue weighted by atomic mass is 16.4. The fourth-order valence-electron chi connectivity index (χ4n) is 1.42. The lowest BCUT2D eigenvalue weighted by Gasteiger charge is -2.28. The van der Waals surface area contributed by atoms with Crippen LogP contribution >= 0.6 is 0 Å². The molecule has 0 aromatic heterocycles. The fraction of sp³-hybridized carbons (Fsp3) is 0.833. The monoisotopic (exact) mass is 229 g/mol. The van der Waals surface area contributed by atoms with Crippen LogP contribution in [0.2, 0.25) is 0 Å². The number of aliphatic carboxylic acids is 1. The van der Waals surface area contributed by atoms with Crippen molar-refractivity contribution in [3.63, 3.8) is 0 Å². The number of hydrogen-bond donors (Lipinski definition) is 2. The summed E-state index contributed by atoms with van der Waals surface area (Å²) < 4.78 is 0. The molecule has 0 aliphatic carbocycles. The number of carbonyl (C=O) groups excluding carboxylic acids is 1. The van der Waals surface area contributed by atoms with Crippen molar-refractivity contribution < 1.29 is 14.7 Å². The summed E-state index contributed by atoms with van der Waals surface area (Å²) >= 11 is 0. The van der Waals surface area contributed by atoms with E-state index in [0.717, 1.165) is 0 Å². The Labute approximate surface area is 97.4 Å². The van der Waals surface area contributed by atoms with Gasteiger partial charge in [0.25, 0.3) is 0 Å². The molecule has 0 unspecified atom stereocenters. The van der Waals surface area contributed by atoms with E-state index >= 15 is 0 Å². The number of rotatable bonds is 3. The fourth-order valence-corrected chi connectivity index (χ4v) is 1.42. The minimum atomic E-state index is -0.920. The molecule has 1 amide bonds. The summed E-state index contributed by atoms with van der Waals surface area (Å²) in [4.78, 5) is 22.7. The van der Waals surface area contributed by atoms with Gasteiger partial charge in [0, 0.05) is 12.0 Å². The largest absolute Gasteiger partial charge is 0.481 e. The number of carboxylic acids is 1. The summed E-state index contributed by atoms with van der Waals surface area (Å²) in [5.74, 6) is -1.79. The van der Waals surface area contributed by atoms with E-state index < -0.39 is 17.3 Å². The Bertz CT molecular complexity index is 271. The smallest absolute Gasteiger partial charge is 0.307 e. The van der Waals surface area contributed by atoms with Crippen molar-refractivity contribution in [1.82, 2.24) is 5.32 Å². The van der Waals surface area contributed by atoms with Gasteiger partial charge in [-0.05, 0) is 26.2 Å². The summed E-state index contributed by atoms with van der Waals surface area (Å²) in [6.07, 6.45) is 0.0239. The van der Waals surface area contributed by atoms with E-state index in [-0.39, 0.29) is 17.9 Å². The van der Waals surface area contributed by atoms with Crippen LogP contribution in [0.4, 0.5) is 0 Å². The molecule has 4 nitrogen and oxygen atoms in total. The Morgan fingerprint density at radius 2 is 1.56 bits per heavy atom. The van der Waals surface area contributed by atoms with Crippen molar-refractivity contribution in [2.45, 2.75) is 53.5 Å². The van der Waals surface area contributed by atoms with E-state index in [1.165, 1.54) is 0 Å². The number of carbonyl (C=O) groups is 2. The quantitative estimate of drug-likeness (QED) is 0.778. The predicted molar refractivity (Wildman–Crippen MR) is 63.1 cm³/mol. The molecule has 2 N–H and O–H groups in total. The highest BCUT2D eigenvalue weighted by Crippen LogP contribution is 2.29. The van der Waals surface area contributed by atoms with Gasteiger partial charge in [0.05, 0.1) is 5.92 Å². The number of carboxylic acid groups (broad SMARTS) is 1. The third-order valence-corrected chi connectivity index (χ3v) is 2.25. The maximum Gasteiger partial charge on any atom is 0.307 e. The Morgan fingerprint density at radius 3 is 1.81 bits per heavy atom. The lowest BCUT2D eigenvalue weighted by Crippen LogP contribution is -2.43. The van der Waals surface area contributed by atoms with Crippen LogP contribution in [0.3, 0.4) is 0 Å². The molecule has 0 aliphatic heterocycles. The first-order valence-corrected chi connectivity index (χ1v) is 5.47. The van der Waals surface area contributed by atoms with Gasteiger partial charge < -0.3 is 10.4 Å². The van der Waals surface area contributed by atoms with E-state index in [4.69, 9.17) is 5.11 Å². The maximum absolute atomic E-state index is 11.6. The molecule has 0 bridgehead atoms. The lowest BCUT2D eigenvalue weighted by molar-refractivity contribution is -0.148. The second-order valence-electron chi connectivity index (χ2n) is 6.26. The normalized spacial score (nSPS) is 14.4. The van der Waals surface area contributed by atoms with Crippen molar-refractivity contribution in [2.75, 3.05) is 0 Å². The standard InChI is InChI=1S/C12H23NO3/c1-11(2,3)8(10(15)16)7-9(14)13-12(4,5)6/h8H,7H2,1-6H3,(H,13,14)(H,15,16)/t8-/m0/s1. The molecule has 0 rings (SSSR count). The van der Waals surface area contributed by atoms with Crippen molar-refractivity contribution in [1.29, 1.82) is 0 Å². The first-order valence-electron chi connectivity index (χ1n) is 5.47. The first kappa shape index (κ1) is 14.9. The highest BCUT2D eigenvalue weighted by molar-refractivity contribution is 5.83. The van der Waals surface area contributed by atoms with Gasteiger partial charge in [-0.1, -0.05) is 20.8 Å². The maximum atomic E-state index is 11.6. The van der Waals surface area contributed by atoms with E-state index in [1.54, 1.807) is 0 Å². The average molecular weight is 229 g/mol. The van der Waals surface area contributed by atoms with Crippen LogP contribution in [0.1, 0.15) is 48.0 Å². The molecule has 0 saturated heterocycles. The molecular formula is C12H23NO3. The Balaban J connectivity index is 4.56. The molecule has 1 atom stereocenters. The molecule has 0 aromatic rings. The van der Waals surface area contributed by atoms with Gasteiger partial charge in [-0.15, -0.1) is 0 Å². The minimum absolute atomic E-state index is 0.0239. The summed E-state index contributed by atoms with van der Waals surface area (Å²) in [5.41, 5.74) is -0.737. The molecule has 4 heteroatoms. The van der Waals surface area contributed by atoms with E-state index in [2.05, 4.69) is 5.32 Å². The number of nitrogens with one attached hydrogen (secondary N) is 1. The zero-order valence-electron chi connectivity index (χ0n) is 11.0. The second kappa shape index (κ2) is 4.85. The minimum Gasteiger partial charge on any atom is -0.481 e. The second-order valence-corrected chi connectivity index (χ2v) is 6.26. The molecule has 0 saturated carbocycles. The molecule has 0 heterocycles. The van der Waals surface area contributed by atoms with Crippen molar-refractivity contribution in [3.8, 4) is 0 Å². The molecule has 0 aromatic carbocycles. The van der Waals surface area contributed by atoms with Crippen LogP contribution < -0.4 is 5.32 Å². The summed E-state index contributed by atoms with van der Waals surface area (Å²) in [5, 5.41) is 11.9. The molecule has 16 heavy (non-hydrogen) atoms. The zero-order valence-corrected chi connectivity index (χ0v) is 11.0. The van der Waals surface area contributed by atoms with Crippen LogP contribution in [0.15, 0.2) is 0 Å². The average Bonchev–Trinajstić information content (AvgIpc) is 1.93. The summed E-state index contributed by atoms with van der Waals surface area (Å²) in [6, 6.07) is 0. The van der Waals surface area contributed by atoms with Crippen LogP contribution in [0.25, 0.3) is 0 Å². The third kappa shape index (κ3) is 5.73. The van der Waals surface area contributed by atoms with E-state index in [0.29, 0.717) is 0 Å². The zero-order chi connectivity index (χ0) is 13.1. The molecular weight excluding hydrogens is 206 g/mol. The number of amides is 1. The van der Waals surface area contributed by atoms with Crippen LogP contribution in [0, 0.1) is 11.3 Å². The van der Waals surface area contributed by atoms with Crippen molar-refractivity contribution in [3.05, 3.63) is 0 Å². The Kier molecular flexibility index (Phi) is 4.53. The lowest BCUT2D eigenvalue weighted by atomic mass is 9.78. The van der Waals surface area contributed by atoms with Gasteiger partial charge in [-0.25, -0.2) is 0 Å². The summed E-state index contributed by atoms with van der Waals surface area (Å²) in [7, 11) is 0. The molecule has 0 aliphatic rings. The number of hydrogen-bond acceptors (Lipinski definition) is 2. The van der Waals surface area contributed by atoms with Gasteiger partial charge in [-0.3, -0.25) is 9.59 Å². The Hall–Kier alpha value is -1.06. The molecule has 0 spiro atoms. The third-order valence-electron chi connectivity index (χ3n) is 2.25. The van der Waals surface area contributed by atoms with Crippen LogP contribution in [-0.4, -0.2) is 22.5 Å². The van der Waals surface area contributed by atoms with Crippen molar-refractivity contribution >= 4 is 11.9 Å². The van der Waals surface area contributed by atoms with Gasteiger partial charge in [0.1, 0.15) is 0 Å².